The van der Waals surface area contributed by atoms with Crippen molar-refractivity contribution in [2.75, 3.05) is 7.11 Å². The molecule has 1 heterocycles. The van der Waals surface area contributed by atoms with Crippen LogP contribution in [0.25, 0.3) is 0 Å². The Labute approximate surface area is 118 Å². The molecule has 21 heavy (non-hydrogen) atoms. The molecule has 1 N–H and O–H groups in total. The first-order valence-corrected chi connectivity index (χ1v) is 5.95. The van der Waals surface area contributed by atoms with Crippen LogP contribution in [0.2, 0.25) is 0 Å². The lowest BCUT2D eigenvalue weighted by Gasteiger charge is -2.22. The van der Waals surface area contributed by atoms with Crippen LogP contribution < -0.4 is 10.1 Å². The Hall–Kier alpha value is -2.44. The summed E-state index contributed by atoms with van der Waals surface area (Å²) in [6, 6.07) is 4.50. The van der Waals surface area contributed by atoms with Crippen LogP contribution in [-0.2, 0) is 0 Å². The largest absolute Gasteiger partial charge is 0.497 e. The number of furan rings is 1. The van der Waals surface area contributed by atoms with Crippen LogP contribution in [0.1, 0.15) is 22.0 Å². The Morgan fingerprint density at radius 3 is 2.38 bits per heavy atom. The third kappa shape index (κ3) is 3.56. The minimum absolute atomic E-state index is 0.0257. The average Bonchev–Trinajstić information content (AvgIpc) is 2.98. The van der Waals surface area contributed by atoms with Gasteiger partial charge in [0, 0.05) is 0 Å². The van der Waals surface area contributed by atoms with E-state index in [1.165, 1.54) is 43.7 Å². The highest BCUT2D eigenvalue weighted by Gasteiger charge is 2.42. The van der Waals surface area contributed by atoms with Gasteiger partial charge in [-0.15, -0.1) is 0 Å². The summed E-state index contributed by atoms with van der Waals surface area (Å²) >= 11 is 0. The monoisotopic (exact) mass is 299 g/mol. The van der Waals surface area contributed by atoms with Gasteiger partial charge in [-0.25, -0.2) is 0 Å². The maximum atomic E-state index is 13.1. The Balaban J connectivity index is 2.24. The van der Waals surface area contributed by atoms with Gasteiger partial charge in [0.25, 0.3) is 5.91 Å². The number of rotatable bonds is 4. The summed E-state index contributed by atoms with van der Waals surface area (Å²) in [6.45, 7) is 0. The standard InChI is InChI=1S/C14H12F3NO3/c1-20-11-4-2-9(3-5-11)12(14(15,16)17)18-13(19)10-6-7-21-8-10/h2-8,12H,1H3,(H,18,19)/t12-/m1/s1. The molecule has 1 aromatic heterocycles. The molecule has 0 saturated carbocycles. The van der Waals surface area contributed by atoms with Crippen molar-refractivity contribution in [3.8, 4) is 5.75 Å². The first-order chi connectivity index (χ1) is 9.91. The molecular formula is C14H12F3NO3. The molecule has 0 unspecified atom stereocenters. The first-order valence-electron chi connectivity index (χ1n) is 5.95. The lowest BCUT2D eigenvalue weighted by Crippen LogP contribution is -2.38. The predicted molar refractivity (Wildman–Crippen MR) is 68.0 cm³/mol. The summed E-state index contributed by atoms with van der Waals surface area (Å²) in [5.41, 5.74) is -0.0575. The molecule has 1 atom stereocenters. The minimum Gasteiger partial charge on any atom is -0.497 e. The van der Waals surface area contributed by atoms with Crippen molar-refractivity contribution in [2.24, 2.45) is 0 Å². The maximum Gasteiger partial charge on any atom is 0.412 e. The van der Waals surface area contributed by atoms with Crippen LogP contribution >= 0.6 is 0 Å². The highest BCUT2D eigenvalue weighted by atomic mass is 19.4. The van der Waals surface area contributed by atoms with Crippen LogP contribution in [-0.4, -0.2) is 19.2 Å². The number of hydrogen-bond donors (Lipinski definition) is 1. The quantitative estimate of drug-likeness (QED) is 0.942. The van der Waals surface area contributed by atoms with E-state index < -0.39 is 18.1 Å². The molecule has 0 saturated heterocycles. The molecule has 1 aromatic carbocycles. The van der Waals surface area contributed by atoms with E-state index in [1.807, 2.05) is 5.32 Å². The van der Waals surface area contributed by atoms with Crippen LogP contribution in [0.5, 0.6) is 5.75 Å². The molecule has 0 radical (unpaired) electrons. The Bertz CT molecular complexity index is 591. The second-order valence-electron chi connectivity index (χ2n) is 4.23. The maximum absolute atomic E-state index is 13.1. The number of ether oxygens (including phenoxy) is 1. The number of carbonyl (C=O) groups excluding carboxylic acids is 1. The van der Waals surface area contributed by atoms with E-state index in [1.54, 1.807) is 0 Å². The summed E-state index contributed by atoms with van der Waals surface area (Å²) in [4.78, 5) is 11.8. The van der Waals surface area contributed by atoms with Gasteiger partial charge < -0.3 is 14.5 Å². The fourth-order valence-corrected chi connectivity index (χ4v) is 1.76. The molecule has 0 aliphatic heterocycles. The van der Waals surface area contributed by atoms with Gasteiger partial charge in [0.05, 0.1) is 18.9 Å². The lowest BCUT2D eigenvalue weighted by molar-refractivity contribution is -0.155. The van der Waals surface area contributed by atoms with Crippen molar-refractivity contribution in [1.82, 2.24) is 5.32 Å². The predicted octanol–water partition coefficient (Wildman–Crippen LogP) is 3.32. The second-order valence-corrected chi connectivity index (χ2v) is 4.23. The normalized spacial score (nSPS) is 12.8. The molecular weight excluding hydrogens is 287 g/mol. The molecule has 0 aliphatic rings. The van der Waals surface area contributed by atoms with Crippen LogP contribution in [0, 0.1) is 0 Å². The fraction of sp³-hybridized carbons (Fsp3) is 0.214. The Kier molecular flexibility index (Phi) is 4.21. The topological polar surface area (TPSA) is 51.5 Å². The number of halogens is 3. The number of hydrogen-bond acceptors (Lipinski definition) is 3. The number of methoxy groups -OCH3 is 1. The van der Waals surface area contributed by atoms with Crippen LogP contribution in [0.15, 0.2) is 47.3 Å². The zero-order valence-corrected chi connectivity index (χ0v) is 11.0. The number of benzene rings is 1. The molecule has 0 fully saturated rings. The van der Waals surface area contributed by atoms with E-state index in [0.29, 0.717) is 5.75 Å². The summed E-state index contributed by atoms with van der Waals surface area (Å²) in [7, 11) is 1.41. The number of nitrogens with one attached hydrogen (secondary N) is 1. The van der Waals surface area contributed by atoms with Gasteiger partial charge in [0.1, 0.15) is 12.0 Å². The average molecular weight is 299 g/mol. The number of amides is 1. The summed E-state index contributed by atoms with van der Waals surface area (Å²) in [5, 5.41) is 1.95. The van der Waals surface area contributed by atoms with Crippen molar-refractivity contribution >= 4 is 5.91 Å². The third-order valence-electron chi connectivity index (χ3n) is 2.84. The first kappa shape index (κ1) is 15.0. The SMILES string of the molecule is COc1ccc([C@@H](NC(=O)c2ccoc2)C(F)(F)F)cc1. The van der Waals surface area contributed by atoms with Gasteiger partial charge in [-0.05, 0) is 23.8 Å². The third-order valence-corrected chi connectivity index (χ3v) is 2.84. The van der Waals surface area contributed by atoms with E-state index in [9.17, 15) is 18.0 Å². The fourth-order valence-electron chi connectivity index (χ4n) is 1.76. The van der Waals surface area contributed by atoms with Crippen molar-refractivity contribution < 1.29 is 27.1 Å². The van der Waals surface area contributed by atoms with Gasteiger partial charge in [-0.1, -0.05) is 12.1 Å². The van der Waals surface area contributed by atoms with Crippen LogP contribution in [0.3, 0.4) is 0 Å². The van der Waals surface area contributed by atoms with Gasteiger partial charge >= 0.3 is 6.18 Å². The molecule has 0 aliphatic carbocycles. The van der Waals surface area contributed by atoms with Crippen molar-refractivity contribution in [2.45, 2.75) is 12.2 Å². The molecule has 1 amide bonds. The molecule has 112 valence electrons. The zero-order chi connectivity index (χ0) is 15.5. The second kappa shape index (κ2) is 5.90. The summed E-state index contributed by atoms with van der Waals surface area (Å²) < 4.78 is 48.9. The van der Waals surface area contributed by atoms with Crippen molar-refractivity contribution in [1.29, 1.82) is 0 Å². The Morgan fingerprint density at radius 1 is 1.24 bits per heavy atom. The van der Waals surface area contributed by atoms with Gasteiger partial charge in [-0.3, -0.25) is 4.79 Å². The van der Waals surface area contributed by atoms with Crippen molar-refractivity contribution in [3.05, 3.63) is 54.0 Å². The van der Waals surface area contributed by atoms with Gasteiger partial charge in [-0.2, -0.15) is 13.2 Å². The molecule has 2 aromatic rings. The molecule has 0 bridgehead atoms. The lowest BCUT2D eigenvalue weighted by atomic mass is 10.1. The van der Waals surface area contributed by atoms with Gasteiger partial charge in [0.15, 0.2) is 6.04 Å². The molecule has 7 heteroatoms. The summed E-state index contributed by atoms with van der Waals surface area (Å²) in [6.07, 6.45) is -2.32. The summed E-state index contributed by atoms with van der Waals surface area (Å²) in [5.74, 6) is -0.428. The van der Waals surface area contributed by atoms with Gasteiger partial charge in [0.2, 0.25) is 0 Å². The smallest absolute Gasteiger partial charge is 0.412 e. The van der Waals surface area contributed by atoms with E-state index in [2.05, 4.69) is 4.42 Å². The van der Waals surface area contributed by atoms with E-state index >= 15 is 0 Å². The van der Waals surface area contributed by atoms with Crippen molar-refractivity contribution in [3.63, 3.8) is 0 Å². The molecule has 2 rings (SSSR count). The Morgan fingerprint density at radius 2 is 1.90 bits per heavy atom. The minimum atomic E-state index is -4.62. The molecule has 0 spiro atoms. The molecule has 4 nitrogen and oxygen atoms in total. The van der Waals surface area contributed by atoms with Crippen LogP contribution in [0.4, 0.5) is 13.2 Å². The van der Waals surface area contributed by atoms with E-state index in [-0.39, 0.29) is 11.1 Å². The zero-order valence-electron chi connectivity index (χ0n) is 11.0. The van der Waals surface area contributed by atoms with E-state index in [0.717, 1.165) is 6.26 Å². The highest BCUT2D eigenvalue weighted by molar-refractivity contribution is 5.94. The highest BCUT2D eigenvalue weighted by Crippen LogP contribution is 2.33. The van der Waals surface area contributed by atoms with E-state index in [4.69, 9.17) is 4.74 Å². The number of alkyl halides is 3. The number of carbonyl (C=O) groups is 1.